The zero-order valence-corrected chi connectivity index (χ0v) is 12.5. The van der Waals surface area contributed by atoms with Gasteiger partial charge in [-0.2, -0.15) is 5.10 Å². The molecular formula is C15H15FN6O. The summed E-state index contributed by atoms with van der Waals surface area (Å²) in [5.41, 5.74) is 2.59. The van der Waals surface area contributed by atoms with Gasteiger partial charge >= 0.3 is 6.03 Å². The summed E-state index contributed by atoms with van der Waals surface area (Å²) < 4.78 is 13.8. The minimum atomic E-state index is -0.613. The van der Waals surface area contributed by atoms with Gasteiger partial charge in [0.2, 0.25) is 0 Å². The van der Waals surface area contributed by atoms with Crippen LogP contribution in [0, 0.1) is 6.92 Å². The second-order valence-electron chi connectivity index (χ2n) is 4.91. The van der Waals surface area contributed by atoms with Crippen molar-refractivity contribution in [3.8, 4) is 5.69 Å². The van der Waals surface area contributed by atoms with E-state index in [0.717, 1.165) is 22.3 Å². The Morgan fingerprint density at radius 2 is 2.17 bits per heavy atom. The van der Waals surface area contributed by atoms with Crippen molar-refractivity contribution in [3.63, 3.8) is 0 Å². The molecule has 3 rings (SSSR count). The largest absolute Gasteiger partial charge is 0.335 e. The average molecular weight is 314 g/mol. The van der Waals surface area contributed by atoms with E-state index in [9.17, 15) is 9.18 Å². The number of amides is 2. The topological polar surface area (TPSA) is 84.7 Å². The maximum Gasteiger partial charge on any atom is 0.320 e. The molecule has 2 amide bonds. The van der Waals surface area contributed by atoms with Crippen molar-refractivity contribution in [1.82, 2.24) is 25.1 Å². The molecule has 3 aromatic rings. The SMILES string of the molecule is Cc1cc(-n2ncc3cc(NC(=O)NCCF)ncc32)ccn1. The highest BCUT2D eigenvalue weighted by molar-refractivity contribution is 5.91. The number of carbonyl (C=O) groups excluding carboxylic acids is 1. The fraction of sp³-hybridized carbons (Fsp3) is 0.200. The second kappa shape index (κ2) is 6.39. The first-order valence-electron chi connectivity index (χ1n) is 7.05. The maximum atomic E-state index is 12.0. The van der Waals surface area contributed by atoms with Crippen LogP contribution in [-0.2, 0) is 0 Å². The van der Waals surface area contributed by atoms with Gasteiger partial charge in [-0.1, -0.05) is 0 Å². The predicted molar refractivity (Wildman–Crippen MR) is 84.4 cm³/mol. The van der Waals surface area contributed by atoms with Gasteiger partial charge in [0.25, 0.3) is 0 Å². The number of nitrogens with one attached hydrogen (secondary N) is 2. The molecule has 0 aliphatic carbocycles. The third-order valence-electron chi connectivity index (χ3n) is 3.20. The monoisotopic (exact) mass is 314 g/mol. The molecule has 23 heavy (non-hydrogen) atoms. The molecule has 0 bridgehead atoms. The summed E-state index contributed by atoms with van der Waals surface area (Å²) >= 11 is 0. The molecule has 0 fully saturated rings. The van der Waals surface area contributed by atoms with Crippen LogP contribution in [0.25, 0.3) is 16.6 Å². The molecule has 0 aliphatic rings. The third-order valence-corrected chi connectivity index (χ3v) is 3.20. The minimum absolute atomic E-state index is 0.0343. The van der Waals surface area contributed by atoms with E-state index < -0.39 is 12.7 Å². The molecular weight excluding hydrogens is 299 g/mol. The van der Waals surface area contributed by atoms with Gasteiger partial charge in [0.15, 0.2) is 0 Å². The molecule has 118 valence electrons. The Hall–Kier alpha value is -3.03. The lowest BCUT2D eigenvalue weighted by molar-refractivity contribution is 0.251. The predicted octanol–water partition coefficient (Wildman–Crippen LogP) is 2.21. The zero-order chi connectivity index (χ0) is 16.2. The summed E-state index contributed by atoms with van der Waals surface area (Å²) in [5.74, 6) is 0.374. The molecule has 0 radical (unpaired) electrons. The van der Waals surface area contributed by atoms with Crippen molar-refractivity contribution in [2.45, 2.75) is 6.92 Å². The summed E-state index contributed by atoms with van der Waals surface area (Å²) in [6.07, 6.45) is 5.04. The van der Waals surface area contributed by atoms with Crippen LogP contribution in [0.5, 0.6) is 0 Å². The number of hydrogen-bond acceptors (Lipinski definition) is 4. The molecule has 3 aromatic heterocycles. The van der Waals surface area contributed by atoms with Crippen molar-refractivity contribution in [2.24, 2.45) is 0 Å². The third kappa shape index (κ3) is 3.25. The van der Waals surface area contributed by atoms with Crippen LogP contribution in [0.15, 0.2) is 36.8 Å². The Morgan fingerprint density at radius 1 is 1.30 bits per heavy atom. The van der Waals surface area contributed by atoms with E-state index >= 15 is 0 Å². The number of anilines is 1. The fourth-order valence-electron chi connectivity index (χ4n) is 2.18. The number of fused-ring (bicyclic) bond motifs is 1. The van der Waals surface area contributed by atoms with Gasteiger partial charge in [-0.3, -0.25) is 10.3 Å². The van der Waals surface area contributed by atoms with Crippen LogP contribution in [-0.4, -0.2) is 39.0 Å². The van der Waals surface area contributed by atoms with E-state index in [0.29, 0.717) is 5.82 Å². The molecule has 8 heteroatoms. The highest BCUT2D eigenvalue weighted by Gasteiger charge is 2.08. The molecule has 0 spiro atoms. The molecule has 3 heterocycles. The molecule has 0 aromatic carbocycles. The lowest BCUT2D eigenvalue weighted by Gasteiger charge is -2.06. The fourth-order valence-corrected chi connectivity index (χ4v) is 2.18. The first kappa shape index (κ1) is 14.9. The van der Waals surface area contributed by atoms with Crippen molar-refractivity contribution >= 4 is 22.8 Å². The quantitative estimate of drug-likeness (QED) is 0.773. The number of hydrogen-bond donors (Lipinski definition) is 2. The second-order valence-corrected chi connectivity index (χ2v) is 4.91. The lowest BCUT2D eigenvalue weighted by atomic mass is 10.3. The number of nitrogens with zero attached hydrogens (tertiary/aromatic N) is 4. The molecule has 0 unspecified atom stereocenters. The number of carbonyl (C=O) groups is 1. The number of rotatable bonds is 4. The number of alkyl halides is 1. The Bertz CT molecular complexity index is 847. The van der Waals surface area contributed by atoms with E-state index in [-0.39, 0.29) is 6.54 Å². The summed E-state index contributed by atoms with van der Waals surface area (Å²) in [5, 5.41) is 10.1. The van der Waals surface area contributed by atoms with E-state index in [1.165, 1.54) is 0 Å². The van der Waals surface area contributed by atoms with Gasteiger partial charge in [0.1, 0.15) is 12.5 Å². The Morgan fingerprint density at radius 3 is 2.96 bits per heavy atom. The summed E-state index contributed by atoms with van der Waals surface area (Å²) in [4.78, 5) is 19.9. The van der Waals surface area contributed by atoms with Crippen LogP contribution in [0.1, 0.15) is 5.69 Å². The summed E-state index contributed by atoms with van der Waals surface area (Å²) in [6, 6.07) is 4.99. The van der Waals surface area contributed by atoms with Crippen molar-refractivity contribution in [2.75, 3.05) is 18.5 Å². The number of urea groups is 1. The molecule has 0 saturated carbocycles. The Balaban J connectivity index is 1.87. The van der Waals surface area contributed by atoms with Gasteiger partial charge in [-0.15, -0.1) is 0 Å². The van der Waals surface area contributed by atoms with E-state index in [1.54, 1.807) is 29.3 Å². The average Bonchev–Trinajstić information content (AvgIpc) is 2.96. The molecule has 7 nitrogen and oxygen atoms in total. The summed E-state index contributed by atoms with van der Waals surface area (Å²) in [6.45, 7) is 1.26. The van der Waals surface area contributed by atoms with Crippen LogP contribution in [0.4, 0.5) is 15.0 Å². The number of halogens is 1. The molecule has 2 N–H and O–H groups in total. The first-order chi connectivity index (χ1) is 11.2. The molecule has 0 saturated heterocycles. The van der Waals surface area contributed by atoms with E-state index in [4.69, 9.17) is 0 Å². The van der Waals surface area contributed by atoms with Gasteiger partial charge in [-0.25, -0.2) is 18.9 Å². The van der Waals surface area contributed by atoms with Crippen LogP contribution >= 0.6 is 0 Å². The van der Waals surface area contributed by atoms with Gasteiger partial charge in [0.05, 0.1) is 23.6 Å². The van der Waals surface area contributed by atoms with E-state index in [1.807, 2.05) is 19.1 Å². The van der Waals surface area contributed by atoms with E-state index in [2.05, 4.69) is 25.7 Å². The summed E-state index contributed by atoms with van der Waals surface area (Å²) in [7, 11) is 0. The first-order valence-corrected chi connectivity index (χ1v) is 7.05. The van der Waals surface area contributed by atoms with Crippen LogP contribution < -0.4 is 10.6 Å². The lowest BCUT2D eigenvalue weighted by Crippen LogP contribution is -2.30. The number of aromatic nitrogens is 4. The van der Waals surface area contributed by atoms with Gasteiger partial charge < -0.3 is 5.32 Å². The zero-order valence-electron chi connectivity index (χ0n) is 12.5. The van der Waals surface area contributed by atoms with Crippen molar-refractivity contribution < 1.29 is 9.18 Å². The van der Waals surface area contributed by atoms with Gasteiger partial charge in [-0.05, 0) is 25.1 Å². The minimum Gasteiger partial charge on any atom is -0.335 e. The highest BCUT2D eigenvalue weighted by atomic mass is 19.1. The Kier molecular flexibility index (Phi) is 4.13. The van der Waals surface area contributed by atoms with Crippen molar-refractivity contribution in [1.29, 1.82) is 0 Å². The number of pyridine rings is 2. The highest BCUT2D eigenvalue weighted by Crippen LogP contribution is 2.20. The Labute approximate surface area is 131 Å². The maximum absolute atomic E-state index is 12.0. The molecule has 0 aliphatic heterocycles. The molecule has 0 atom stereocenters. The normalized spacial score (nSPS) is 10.7. The smallest absolute Gasteiger partial charge is 0.320 e. The standard InChI is InChI=1S/C15H15FN6O/c1-10-6-12(2-4-17-10)22-13-9-19-14(7-11(13)8-20-22)21-15(23)18-5-3-16/h2,4,6-9H,3,5H2,1H3,(H2,18,19,21,23). The van der Waals surface area contributed by atoms with Gasteiger partial charge in [0, 0.05) is 23.8 Å². The van der Waals surface area contributed by atoms with Crippen molar-refractivity contribution in [3.05, 3.63) is 42.5 Å². The van der Waals surface area contributed by atoms with Crippen LogP contribution in [0.2, 0.25) is 0 Å². The van der Waals surface area contributed by atoms with Crippen LogP contribution in [0.3, 0.4) is 0 Å². The number of aryl methyl sites for hydroxylation is 1.